The lowest BCUT2D eigenvalue weighted by Gasteiger charge is -2.14. The fraction of sp³-hybridized carbons (Fsp3) is 0.238. The van der Waals surface area contributed by atoms with Gasteiger partial charge in [-0.25, -0.2) is 4.68 Å². The van der Waals surface area contributed by atoms with Gasteiger partial charge in [-0.3, -0.25) is 14.3 Å². The van der Waals surface area contributed by atoms with Crippen molar-refractivity contribution in [3.05, 3.63) is 76.2 Å². The Hall–Kier alpha value is -3.28. The molecule has 1 aromatic heterocycles. The molecule has 0 aliphatic carbocycles. The fourth-order valence-corrected chi connectivity index (χ4v) is 2.81. The summed E-state index contributed by atoms with van der Waals surface area (Å²) in [6.07, 6.45) is -0.739. The highest BCUT2D eigenvalue weighted by Crippen LogP contribution is 2.16. The molecule has 27 heavy (non-hydrogen) atoms. The zero-order valence-electron chi connectivity index (χ0n) is 15.9. The molecular formula is C21H23N3O3. The largest absolute Gasteiger partial charge is 0.481 e. The van der Waals surface area contributed by atoms with Gasteiger partial charge in [0.05, 0.1) is 11.4 Å². The van der Waals surface area contributed by atoms with Crippen LogP contribution >= 0.6 is 0 Å². The molecule has 0 saturated carbocycles. The molecule has 1 N–H and O–H groups in total. The van der Waals surface area contributed by atoms with Crippen molar-refractivity contribution < 1.29 is 9.53 Å². The van der Waals surface area contributed by atoms with Gasteiger partial charge >= 0.3 is 0 Å². The number of hydrogen-bond donors (Lipinski definition) is 1. The molecule has 2 aromatic carbocycles. The van der Waals surface area contributed by atoms with Crippen molar-refractivity contribution in [2.75, 3.05) is 5.32 Å². The summed E-state index contributed by atoms with van der Waals surface area (Å²) in [5, 5.41) is 2.72. The number of carbonyl (C=O) groups excluding carboxylic acids is 1. The van der Waals surface area contributed by atoms with E-state index in [9.17, 15) is 9.59 Å². The van der Waals surface area contributed by atoms with Crippen molar-refractivity contribution in [2.45, 2.75) is 26.9 Å². The molecule has 0 aliphatic rings. The van der Waals surface area contributed by atoms with Gasteiger partial charge in [-0.15, -0.1) is 0 Å². The van der Waals surface area contributed by atoms with E-state index in [4.69, 9.17) is 4.74 Å². The number of benzene rings is 2. The van der Waals surface area contributed by atoms with Gasteiger partial charge in [0, 0.05) is 7.05 Å². The maximum atomic E-state index is 12.9. The van der Waals surface area contributed by atoms with Crippen molar-refractivity contribution in [3.8, 4) is 11.4 Å². The summed E-state index contributed by atoms with van der Waals surface area (Å²) >= 11 is 0. The Labute approximate surface area is 158 Å². The monoisotopic (exact) mass is 365 g/mol. The average Bonchev–Trinajstić information content (AvgIpc) is 2.87. The SMILES string of the molecule is Cc1ccc(O[C@H](C)C(=O)Nc2c(C)n(C)n(-c3ccccc3)c2=O)cc1. The van der Waals surface area contributed by atoms with E-state index in [-0.39, 0.29) is 17.2 Å². The average molecular weight is 365 g/mol. The molecule has 0 bridgehead atoms. The third-order valence-electron chi connectivity index (χ3n) is 4.51. The highest BCUT2D eigenvalue weighted by Gasteiger charge is 2.21. The number of nitrogens with zero attached hydrogens (tertiary/aromatic N) is 2. The Bertz CT molecular complexity index is 1000. The second-order valence-electron chi connectivity index (χ2n) is 6.50. The summed E-state index contributed by atoms with van der Waals surface area (Å²) in [5.41, 5.74) is 2.49. The summed E-state index contributed by atoms with van der Waals surface area (Å²) in [4.78, 5) is 25.4. The summed E-state index contributed by atoms with van der Waals surface area (Å²) < 4.78 is 8.92. The molecule has 3 aromatic rings. The van der Waals surface area contributed by atoms with Crippen LogP contribution in [0.3, 0.4) is 0 Å². The molecule has 140 valence electrons. The molecule has 6 nitrogen and oxygen atoms in total. The van der Waals surface area contributed by atoms with Gasteiger partial charge in [-0.05, 0) is 45.0 Å². The molecule has 1 atom stereocenters. The molecule has 6 heteroatoms. The normalized spacial score (nSPS) is 11.9. The van der Waals surface area contributed by atoms with Gasteiger partial charge in [0.2, 0.25) is 0 Å². The molecule has 0 fully saturated rings. The van der Waals surface area contributed by atoms with E-state index in [0.29, 0.717) is 11.4 Å². The van der Waals surface area contributed by atoms with E-state index in [1.54, 1.807) is 25.6 Å². The third kappa shape index (κ3) is 3.79. The smallest absolute Gasteiger partial charge is 0.295 e. The number of ether oxygens (including phenoxy) is 1. The van der Waals surface area contributed by atoms with Crippen molar-refractivity contribution in [1.82, 2.24) is 9.36 Å². The number of hydrogen-bond acceptors (Lipinski definition) is 3. The lowest BCUT2D eigenvalue weighted by molar-refractivity contribution is -0.122. The highest BCUT2D eigenvalue weighted by molar-refractivity contribution is 5.94. The summed E-state index contributed by atoms with van der Waals surface area (Å²) in [6, 6.07) is 16.8. The van der Waals surface area contributed by atoms with Crippen LogP contribution < -0.4 is 15.6 Å². The number of anilines is 1. The predicted molar refractivity (Wildman–Crippen MR) is 106 cm³/mol. The first-order valence-electron chi connectivity index (χ1n) is 8.76. The number of carbonyl (C=O) groups is 1. The van der Waals surface area contributed by atoms with E-state index in [0.717, 1.165) is 11.3 Å². The maximum absolute atomic E-state index is 12.9. The van der Waals surface area contributed by atoms with Crippen LogP contribution in [0.2, 0.25) is 0 Å². The molecule has 0 saturated heterocycles. The van der Waals surface area contributed by atoms with Crippen molar-refractivity contribution in [1.29, 1.82) is 0 Å². The van der Waals surface area contributed by atoms with Gasteiger partial charge in [-0.2, -0.15) is 0 Å². The number of aromatic nitrogens is 2. The number of para-hydroxylation sites is 1. The molecule has 0 spiro atoms. The van der Waals surface area contributed by atoms with Crippen LogP contribution in [-0.4, -0.2) is 21.4 Å². The lowest BCUT2D eigenvalue weighted by atomic mass is 10.2. The standard InChI is InChI=1S/C21H23N3O3/c1-14-10-12-18(13-11-14)27-16(3)20(25)22-19-15(2)23(4)24(21(19)26)17-8-6-5-7-9-17/h5-13,16H,1-4H3,(H,22,25)/t16-/m1/s1. The first-order chi connectivity index (χ1) is 12.9. The second kappa shape index (κ2) is 7.53. The second-order valence-corrected chi connectivity index (χ2v) is 6.50. The van der Waals surface area contributed by atoms with Crippen molar-refractivity contribution >= 4 is 11.6 Å². The van der Waals surface area contributed by atoms with Crippen LogP contribution in [0.15, 0.2) is 59.4 Å². The Balaban J connectivity index is 1.82. The minimum Gasteiger partial charge on any atom is -0.481 e. The summed E-state index contributed by atoms with van der Waals surface area (Å²) in [5.74, 6) is 0.233. The van der Waals surface area contributed by atoms with E-state index in [1.165, 1.54) is 4.68 Å². The Morgan fingerprint density at radius 3 is 2.30 bits per heavy atom. The van der Waals surface area contributed by atoms with Gasteiger partial charge in [0.25, 0.3) is 11.5 Å². The first kappa shape index (κ1) is 18.5. The summed E-state index contributed by atoms with van der Waals surface area (Å²) in [7, 11) is 1.78. The van der Waals surface area contributed by atoms with E-state index in [2.05, 4.69) is 5.32 Å². The van der Waals surface area contributed by atoms with Crippen molar-refractivity contribution in [3.63, 3.8) is 0 Å². The molecular weight excluding hydrogens is 342 g/mol. The van der Waals surface area contributed by atoms with Gasteiger partial charge in [0.15, 0.2) is 6.10 Å². The highest BCUT2D eigenvalue weighted by atomic mass is 16.5. The predicted octanol–water partition coefficient (Wildman–Crippen LogP) is 3.20. The molecule has 0 radical (unpaired) electrons. The lowest BCUT2D eigenvalue weighted by Crippen LogP contribution is -2.32. The molecule has 3 rings (SSSR count). The van der Waals surface area contributed by atoms with Crippen LogP contribution in [0.25, 0.3) is 5.69 Å². The quantitative estimate of drug-likeness (QED) is 0.755. The van der Waals surface area contributed by atoms with Crippen LogP contribution in [0, 0.1) is 13.8 Å². The number of nitrogens with one attached hydrogen (secondary N) is 1. The van der Waals surface area contributed by atoms with Crippen LogP contribution in [-0.2, 0) is 11.8 Å². The Kier molecular flexibility index (Phi) is 5.16. The van der Waals surface area contributed by atoms with Crippen LogP contribution in [0.1, 0.15) is 18.2 Å². The Morgan fingerprint density at radius 1 is 1.04 bits per heavy atom. The number of aryl methyl sites for hydroxylation is 1. The zero-order valence-corrected chi connectivity index (χ0v) is 15.9. The topological polar surface area (TPSA) is 65.3 Å². The van der Waals surface area contributed by atoms with E-state index < -0.39 is 6.10 Å². The van der Waals surface area contributed by atoms with E-state index in [1.807, 2.05) is 61.5 Å². The van der Waals surface area contributed by atoms with E-state index >= 15 is 0 Å². The third-order valence-corrected chi connectivity index (χ3v) is 4.51. The van der Waals surface area contributed by atoms with Gasteiger partial charge in [-0.1, -0.05) is 35.9 Å². The molecule has 1 heterocycles. The molecule has 0 aliphatic heterocycles. The first-order valence-corrected chi connectivity index (χ1v) is 8.76. The fourth-order valence-electron chi connectivity index (χ4n) is 2.81. The summed E-state index contributed by atoms with van der Waals surface area (Å²) in [6.45, 7) is 5.43. The maximum Gasteiger partial charge on any atom is 0.295 e. The minimum absolute atomic E-state index is 0.255. The van der Waals surface area contributed by atoms with Crippen LogP contribution in [0.4, 0.5) is 5.69 Å². The zero-order chi connectivity index (χ0) is 19.6. The Morgan fingerprint density at radius 2 is 1.67 bits per heavy atom. The van der Waals surface area contributed by atoms with Crippen LogP contribution in [0.5, 0.6) is 5.75 Å². The molecule has 1 amide bonds. The molecule has 0 unspecified atom stereocenters. The number of amides is 1. The van der Waals surface area contributed by atoms with Crippen molar-refractivity contribution in [2.24, 2.45) is 7.05 Å². The minimum atomic E-state index is -0.739. The number of rotatable bonds is 5. The van der Waals surface area contributed by atoms with Gasteiger partial charge in [0.1, 0.15) is 11.4 Å². The van der Waals surface area contributed by atoms with Gasteiger partial charge < -0.3 is 10.1 Å².